The molecule has 0 unspecified atom stereocenters. The van der Waals surface area contributed by atoms with Gasteiger partial charge in [-0.2, -0.15) is 0 Å². The Morgan fingerprint density at radius 1 is 0.885 bits per heavy atom. The average molecular weight is 345 g/mol. The number of likely N-dealkylation sites (tertiary alicyclic amines) is 1. The van der Waals surface area contributed by atoms with Gasteiger partial charge in [-0.3, -0.25) is 4.79 Å². The van der Waals surface area contributed by atoms with Crippen molar-refractivity contribution in [2.24, 2.45) is 0 Å². The molecule has 0 radical (unpaired) electrons. The third kappa shape index (κ3) is 2.51. The maximum atomic E-state index is 16.2. The third-order valence-electron chi connectivity index (χ3n) is 5.11. The van der Waals surface area contributed by atoms with Crippen molar-refractivity contribution in [3.05, 3.63) is 107 Å². The number of carbonyl (C=O) groups is 1. The molecule has 130 valence electrons. The summed E-state index contributed by atoms with van der Waals surface area (Å²) in [5, 5.41) is 0. The van der Waals surface area contributed by atoms with Gasteiger partial charge in [0, 0.05) is 12.1 Å². The molecule has 1 saturated heterocycles. The van der Waals surface area contributed by atoms with Gasteiger partial charge in [-0.15, -0.1) is 0 Å². The molecule has 3 aromatic rings. The van der Waals surface area contributed by atoms with Crippen LogP contribution in [0, 0.1) is 6.92 Å². The number of hydrogen-bond donors (Lipinski definition) is 0. The molecule has 0 aliphatic carbocycles. The molecular formula is C23H20FNO. The predicted molar refractivity (Wildman–Crippen MR) is 100 cm³/mol. The lowest BCUT2D eigenvalue weighted by atomic mass is 9.73. The van der Waals surface area contributed by atoms with Gasteiger partial charge in [-0.05, 0) is 23.6 Å². The zero-order chi connectivity index (χ0) is 18.1. The molecule has 1 heterocycles. The molecule has 0 aromatic heterocycles. The van der Waals surface area contributed by atoms with E-state index < -0.39 is 17.6 Å². The summed E-state index contributed by atoms with van der Waals surface area (Å²) < 4.78 is 16.2. The van der Waals surface area contributed by atoms with Gasteiger partial charge in [0.25, 0.3) is 5.91 Å². The number of benzene rings is 3. The van der Waals surface area contributed by atoms with Crippen molar-refractivity contribution in [3.8, 4) is 0 Å². The van der Waals surface area contributed by atoms with E-state index in [0.29, 0.717) is 12.1 Å². The Morgan fingerprint density at radius 3 is 2.12 bits per heavy atom. The fourth-order valence-corrected chi connectivity index (χ4v) is 3.82. The SMILES string of the molecule is Cc1ccccc1[C@]1(F)C(=O)N(Cc2ccccc2)[C@H]1c1ccccc1. The summed E-state index contributed by atoms with van der Waals surface area (Å²) in [6.07, 6.45) is 0. The van der Waals surface area contributed by atoms with E-state index in [1.807, 2.05) is 79.7 Å². The Labute approximate surface area is 152 Å². The summed E-state index contributed by atoms with van der Waals surface area (Å²) in [5.41, 5.74) is 1.04. The minimum absolute atomic E-state index is 0.400. The first kappa shape index (κ1) is 16.5. The van der Waals surface area contributed by atoms with Crippen LogP contribution in [0.2, 0.25) is 0 Å². The van der Waals surface area contributed by atoms with Crippen LogP contribution in [-0.4, -0.2) is 10.8 Å². The van der Waals surface area contributed by atoms with Crippen LogP contribution in [0.1, 0.15) is 28.3 Å². The second-order valence-electron chi connectivity index (χ2n) is 6.76. The van der Waals surface area contributed by atoms with Crippen molar-refractivity contribution >= 4 is 5.91 Å². The number of halogens is 1. The van der Waals surface area contributed by atoms with E-state index in [0.717, 1.165) is 16.7 Å². The van der Waals surface area contributed by atoms with Crippen LogP contribution in [0.4, 0.5) is 4.39 Å². The Bertz CT molecular complexity index is 925. The van der Waals surface area contributed by atoms with Crippen molar-refractivity contribution < 1.29 is 9.18 Å². The van der Waals surface area contributed by atoms with Crippen molar-refractivity contribution in [2.45, 2.75) is 25.2 Å². The smallest absolute Gasteiger partial charge is 0.268 e. The van der Waals surface area contributed by atoms with Crippen molar-refractivity contribution in [3.63, 3.8) is 0 Å². The normalized spacial score (nSPS) is 22.2. The molecule has 3 aromatic carbocycles. The first-order valence-electron chi connectivity index (χ1n) is 8.77. The maximum absolute atomic E-state index is 16.2. The summed E-state index contributed by atoms with van der Waals surface area (Å²) in [6, 6.07) is 25.8. The van der Waals surface area contributed by atoms with Crippen LogP contribution in [0.15, 0.2) is 84.9 Å². The number of alkyl halides is 1. The van der Waals surface area contributed by atoms with Crippen LogP contribution >= 0.6 is 0 Å². The Hall–Kier alpha value is -2.94. The molecule has 2 nitrogen and oxygen atoms in total. The predicted octanol–water partition coefficient (Wildman–Crippen LogP) is 4.94. The molecule has 0 bridgehead atoms. The lowest BCUT2D eigenvalue weighted by Crippen LogP contribution is -2.63. The van der Waals surface area contributed by atoms with Gasteiger partial charge in [0.1, 0.15) is 6.04 Å². The van der Waals surface area contributed by atoms with E-state index in [9.17, 15) is 4.79 Å². The average Bonchev–Trinajstić information content (AvgIpc) is 2.69. The highest BCUT2D eigenvalue weighted by atomic mass is 19.1. The molecule has 0 N–H and O–H groups in total. The highest BCUT2D eigenvalue weighted by molar-refractivity contribution is 5.94. The summed E-state index contributed by atoms with van der Waals surface area (Å²) in [4.78, 5) is 14.6. The molecule has 3 heteroatoms. The zero-order valence-electron chi connectivity index (χ0n) is 14.6. The molecule has 1 fully saturated rings. The molecule has 26 heavy (non-hydrogen) atoms. The monoisotopic (exact) mass is 345 g/mol. The molecule has 1 aliphatic rings. The van der Waals surface area contributed by atoms with E-state index >= 15 is 4.39 Å². The van der Waals surface area contributed by atoms with Gasteiger partial charge in [0.2, 0.25) is 5.67 Å². The fourth-order valence-electron chi connectivity index (χ4n) is 3.82. The lowest BCUT2D eigenvalue weighted by Gasteiger charge is -2.52. The van der Waals surface area contributed by atoms with Crippen LogP contribution in [-0.2, 0) is 17.0 Å². The second kappa shape index (κ2) is 6.41. The lowest BCUT2D eigenvalue weighted by molar-refractivity contribution is -0.181. The summed E-state index contributed by atoms with van der Waals surface area (Å²) in [5.74, 6) is -0.468. The van der Waals surface area contributed by atoms with Gasteiger partial charge in [-0.25, -0.2) is 4.39 Å². The van der Waals surface area contributed by atoms with E-state index in [1.54, 1.807) is 17.0 Å². The topological polar surface area (TPSA) is 20.3 Å². The first-order chi connectivity index (χ1) is 12.6. The van der Waals surface area contributed by atoms with Crippen LogP contribution in [0.5, 0.6) is 0 Å². The van der Waals surface area contributed by atoms with E-state index in [-0.39, 0.29) is 0 Å². The number of hydrogen-bond acceptors (Lipinski definition) is 1. The number of rotatable bonds is 4. The molecule has 0 saturated carbocycles. The minimum atomic E-state index is -2.03. The fraction of sp³-hybridized carbons (Fsp3) is 0.174. The zero-order valence-corrected chi connectivity index (χ0v) is 14.6. The summed E-state index contributed by atoms with van der Waals surface area (Å²) >= 11 is 0. The number of β-lactam (4-membered cyclic amide) rings is 1. The highest BCUT2D eigenvalue weighted by Crippen LogP contribution is 2.54. The van der Waals surface area contributed by atoms with Crippen LogP contribution in [0.3, 0.4) is 0 Å². The summed E-state index contributed by atoms with van der Waals surface area (Å²) in [6.45, 7) is 2.25. The molecule has 0 spiro atoms. The van der Waals surface area contributed by atoms with E-state index in [1.165, 1.54) is 0 Å². The molecule has 1 amide bonds. The second-order valence-corrected chi connectivity index (χ2v) is 6.76. The highest BCUT2D eigenvalue weighted by Gasteiger charge is 2.63. The number of nitrogens with zero attached hydrogens (tertiary/aromatic N) is 1. The molecule has 4 rings (SSSR count). The van der Waals surface area contributed by atoms with Crippen molar-refractivity contribution in [2.75, 3.05) is 0 Å². The standard InChI is InChI=1S/C23H20FNO/c1-17-10-8-9-15-20(17)23(24)21(19-13-6-3-7-14-19)25(22(23)26)16-18-11-4-2-5-12-18/h2-15,21H,16H2,1H3/t21-,23+/m0/s1. The molecule has 1 aliphatic heterocycles. The van der Waals surface area contributed by atoms with Gasteiger partial charge in [-0.1, -0.05) is 84.9 Å². The van der Waals surface area contributed by atoms with Crippen molar-refractivity contribution in [1.82, 2.24) is 4.90 Å². The minimum Gasteiger partial charge on any atom is -0.324 e. The van der Waals surface area contributed by atoms with Crippen molar-refractivity contribution in [1.29, 1.82) is 0 Å². The Morgan fingerprint density at radius 2 is 1.46 bits per heavy atom. The first-order valence-corrected chi connectivity index (χ1v) is 8.77. The van der Waals surface area contributed by atoms with Gasteiger partial charge < -0.3 is 4.90 Å². The number of carbonyl (C=O) groups excluding carboxylic acids is 1. The van der Waals surface area contributed by atoms with Gasteiger partial charge in [0.15, 0.2) is 0 Å². The van der Waals surface area contributed by atoms with E-state index in [2.05, 4.69) is 0 Å². The molecule has 2 atom stereocenters. The van der Waals surface area contributed by atoms with E-state index in [4.69, 9.17) is 0 Å². The Kier molecular flexibility index (Phi) is 4.08. The largest absolute Gasteiger partial charge is 0.324 e. The van der Waals surface area contributed by atoms with Gasteiger partial charge >= 0.3 is 0 Å². The molecular weight excluding hydrogens is 325 g/mol. The quantitative estimate of drug-likeness (QED) is 0.613. The number of amides is 1. The summed E-state index contributed by atoms with van der Waals surface area (Å²) in [7, 11) is 0. The Balaban J connectivity index is 1.78. The van der Waals surface area contributed by atoms with Crippen LogP contribution < -0.4 is 0 Å². The van der Waals surface area contributed by atoms with Gasteiger partial charge in [0.05, 0.1) is 0 Å². The number of aryl methyl sites for hydroxylation is 1. The third-order valence-corrected chi connectivity index (χ3v) is 5.11. The van der Waals surface area contributed by atoms with Crippen LogP contribution in [0.25, 0.3) is 0 Å². The maximum Gasteiger partial charge on any atom is 0.268 e.